The summed E-state index contributed by atoms with van der Waals surface area (Å²) in [5.41, 5.74) is 2.97. The molecule has 0 radical (unpaired) electrons. The SMILES string of the molecule is CC(=O)C1=C(O)C(=O)N(Cc2cccnc2)[C@@H]1c1ccc(C(C)C)cc1. The molecule has 3 rings (SSSR count). The van der Waals surface area contributed by atoms with Gasteiger partial charge in [-0.2, -0.15) is 0 Å². The number of pyridine rings is 1. The Bertz CT molecular complexity index is 855. The molecule has 0 saturated heterocycles. The highest BCUT2D eigenvalue weighted by Gasteiger charge is 2.42. The van der Waals surface area contributed by atoms with Crippen molar-refractivity contribution in [1.82, 2.24) is 9.88 Å². The number of hydrogen-bond acceptors (Lipinski definition) is 4. The Morgan fingerprint density at radius 2 is 1.92 bits per heavy atom. The zero-order chi connectivity index (χ0) is 18.8. The number of amides is 1. The predicted molar refractivity (Wildman–Crippen MR) is 98.4 cm³/mol. The fourth-order valence-electron chi connectivity index (χ4n) is 3.27. The van der Waals surface area contributed by atoms with Crippen molar-refractivity contribution in [2.75, 3.05) is 0 Å². The van der Waals surface area contributed by atoms with Crippen LogP contribution in [0.4, 0.5) is 0 Å². The number of Topliss-reactive ketones (excluding diaryl/α,β-unsaturated/α-hetero) is 1. The first kappa shape index (κ1) is 17.9. The van der Waals surface area contributed by atoms with Gasteiger partial charge in [0.15, 0.2) is 11.5 Å². The molecule has 0 bridgehead atoms. The minimum absolute atomic E-state index is 0.149. The van der Waals surface area contributed by atoms with Gasteiger partial charge in [0.2, 0.25) is 0 Å². The van der Waals surface area contributed by atoms with E-state index in [0.717, 1.165) is 11.1 Å². The van der Waals surface area contributed by atoms with Crippen molar-refractivity contribution >= 4 is 11.7 Å². The molecule has 2 heterocycles. The fourth-order valence-corrected chi connectivity index (χ4v) is 3.27. The maximum Gasteiger partial charge on any atom is 0.290 e. The van der Waals surface area contributed by atoms with E-state index in [-0.39, 0.29) is 17.9 Å². The summed E-state index contributed by atoms with van der Waals surface area (Å²) in [5, 5.41) is 10.3. The van der Waals surface area contributed by atoms with Crippen LogP contribution in [0.5, 0.6) is 0 Å². The van der Waals surface area contributed by atoms with E-state index in [1.165, 1.54) is 17.4 Å². The third-order valence-electron chi connectivity index (χ3n) is 4.68. The summed E-state index contributed by atoms with van der Waals surface area (Å²) in [4.78, 5) is 30.4. The number of carbonyl (C=O) groups excluding carboxylic acids is 2. The van der Waals surface area contributed by atoms with Crippen LogP contribution >= 0.6 is 0 Å². The first-order valence-electron chi connectivity index (χ1n) is 8.64. The number of ketones is 1. The Morgan fingerprint density at radius 3 is 2.46 bits per heavy atom. The smallest absolute Gasteiger partial charge is 0.290 e. The molecule has 0 fully saturated rings. The highest BCUT2D eigenvalue weighted by Crippen LogP contribution is 2.38. The molecule has 0 spiro atoms. The van der Waals surface area contributed by atoms with Gasteiger partial charge in [-0.05, 0) is 35.6 Å². The number of carbonyl (C=O) groups is 2. The van der Waals surface area contributed by atoms with Crippen molar-refractivity contribution in [2.24, 2.45) is 0 Å². The number of aliphatic hydroxyl groups excluding tert-OH is 1. The highest BCUT2D eigenvalue weighted by molar-refractivity contribution is 6.08. The molecule has 134 valence electrons. The van der Waals surface area contributed by atoms with Gasteiger partial charge in [-0.1, -0.05) is 44.2 Å². The Balaban J connectivity index is 2.02. The number of rotatable bonds is 5. The molecule has 1 aliphatic rings. The van der Waals surface area contributed by atoms with Gasteiger partial charge >= 0.3 is 0 Å². The van der Waals surface area contributed by atoms with Gasteiger partial charge in [0.05, 0.1) is 11.6 Å². The molecule has 1 aromatic carbocycles. The van der Waals surface area contributed by atoms with Crippen LogP contribution in [0, 0.1) is 0 Å². The Hall–Kier alpha value is -2.95. The summed E-state index contributed by atoms with van der Waals surface area (Å²) >= 11 is 0. The molecule has 26 heavy (non-hydrogen) atoms. The van der Waals surface area contributed by atoms with Crippen molar-refractivity contribution in [3.05, 3.63) is 76.8 Å². The third-order valence-corrected chi connectivity index (χ3v) is 4.68. The number of hydrogen-bond donors (Lipinski definition) is 1. The van der Waals surface area contributed by atoms with Gasteiger partial charge in [0.25, 0.3) is 5.91 Å². The number of aliphatic hydroxyl groups is 1. The lowest BCUT2D eigenvalue weighted by Crippen LogP contribution is -2.30. The van der Waals surface area contributed by atoms with Crippen LogP contribution in [0.3, 0.4) is 0 Å². The molecule has 1 atom stereocenters. The zero-order valence-corrected chi connectivity index (χ0v) is 15.1. The molecule has 0 unspecified atom stereocenters. The number of aromatic nitrogens is 1. The second kappa shape index (κ2) is 7.12. The molecule has 1 aliphatic heterocycles. The average molecular weight is 350 g/mol. The molecule has 1 aromatic heterocycles. The van der Waals surface area contributed by atoms with E-state index < -0.39 is 17.7 Å². The maximum atomic E-state index is 12.6. The topological polar surface area (TPSA) is 70.5 Å². The molecule has 0 saturated carbocycles. The van der Waals surface area contributed by atoms with Gasteiger partial charge in [-0.3, -0.25) is 14.6 Å². The quantitative estimate of drug-likeness (QED) is 0.893. The van der Waals surface area contributed by atoms with Crippen LogP contribution < -0.4 is 0 Å². The van der Waals surface area contributed by atoms with E-state index in [4.69, 9.17) is 0 Å². The molecular weight excluding hydrogens is 328 g/mol. The third kappa shape index (κ3) is 3.25. The Kier molecular flexibility index (Phi) is 4.89. The van der Waals surface area contributed by atoms with Gasteiger partial charge in [0, 0.05) is 18.9 Å². The molecule has 2 aromatic rings. The van der Waals surface area contributed by atoms with Crippen LogP contribution in [0.25, 0.3) is 0 Å². The Morgan fingerprint density at radius 1 is 1.23 bits per heavy atom. The average Bonchev–Trinajstić information content (AvgIpc) is 2.87. The van der Waals surface area contributed by atoms with Crippen LogP contribution in [0.15, 0.2) is 60.1 Å². The molecular formula is C21H22N2O3. The Labute approximate surface area is 153 Å². The van der Waals surface area contributed by atoms with E-state index in [9.17, 15) is 14.7 Å². The first-order valence-corrected chi connectivity index (χ1v) is 8.64. The van der Waals surface area contributed by atoms with Crippen molar-refractivity contribution in [2.45, 2.75) is 39.3 Å². The van der Waals surface area contributed by atoms with E-state index >= 15 is 0 Å². The monoisotopic (exact) mass is 350 g/mol. The summed E-state index contributed by atoms with van der Waals surface area (Å²) in [6.45, 7) is 5.86. The largest absolute Gasteiger partial charge is 0.503 e. The van der Waals surface area contributed by atoms with Crippen molar-refractivity contribution in [1.29, 1.82) is 0 Å². The normalized spacial score (nSPS) is 17.3. The van der Waals surface area contributed by atoms with Crippen LogP contribution in [0.2, 0.25) is 0 Å². The molecule has 0 aliphatic carbocycles. The van der Waals surface area contributed by atoms with Gasteiger partial charge in [-0.15, -0.1) is 0 Å². The molecule has 5 nitrogen and oxygen atoms in total. The lowest BCUT2D eigenvalue weighted by Gasteiger charge is -2.27. The minimum atomic E-state index is -0.596. The van der Waals surface area contributed by atoms with E-state index in [1.54, 1.807) is 18.5 Å². The summed E-state index contributed by atoms with van der Waals surface area (Å²) in [5.74, 6) is -0.907. The van der Waals surface area contributed by atoms with E-state index in [1.807, 2.05) is 30.3 Å². The minimum Gasteiger partial charge on any atom is -0.503 e. The van der Waals surface area contributed by atoms with Gasteiger partial charge in [-0.25, -0.2) is 0 Å². The maximum absolute atomic E-state index is 12.6. The number of benzene rings is 1. The van der Waals surface area contributed by atoms with E-state index in [2.05, 4.69) is 18.8 Å². The number of nitrogens with zero attached hydrogens (tertiary/aromatic N) is 2. The van der Waals surface area contributed by atoms with Crippen LogP contribution in [-0.2, 0) is 16.1 Å². The lowest BCUT2D eigenvalue weighted by atomic mass is 9.94. The fraction of sp³-hybridized carbons (Fsp3) is 0.286. The van der Waals surface area contributed by atoms with Crippen molar-refractivity contribution in [3.63, 3.8) is 0 Å². The van der Waals surface area contributed by atoms with Gasteiger partial charge < -0.3 is 10.0 Å². The van der Waals surface area contributed by atoms with Crippen molar-refractivity contribution < 1.29 is 14.7 Å². The lowest BCUT2D eigenvalue weighted by molar-refractivity contribution is -0.130. The van der Waals surface area contributed by atoms with Crippen molar-refractivity contribution in [3.8, 4) is 0 Å². The second-order valence-corrected chi connectivity index (χ2v) is 6.84. The second-order valence-electron chi connectivity index (χ2n) is 6.84. The van der Waals surface area contributed by atoms with E-state index in [0.29, 0.717) is 5.92 Å². The predicted octanol–water partition coefficient (Wildman–Crippen LogP) is 3.69. The summed E-state index contributed by atoms with van der Waals surface area (Å²) in [6.07, 6.45) is 3.34. The van der Waals surface area contributed by atoms with Crippen LogP contribution in [-0.4, -0.2) is 26.7 Å². The summed E-state index contributed by atoms with van der Waals surface area (Å²) in [6, 6.07) is 10.9. The zero-order valence-electron chi connectivity index (χ0n) is 15.1. The molecule has 5 heteroatoms. The molecule has 1 amide bonds. The standard InChI is InChI=1S/C21H22N2O3/c1-13(2)16-6-8-17(9-7-16)19-18(14(3)24)20(25)21(26)23(19)12-15-5-4-10-22-11-15/h4-11,13,19,25H,12H2,1-3H3/t19-/m1/s1. The van der Waals surface area contributed by atoms with Gasteiger partial charge in [0.1, 0.15) is 0 Å². The summed E-state index contributed by atoms with van der Waals surface area (Å²) in [7, 11) is 0. The highest BCUT2D eigenvalue weighted by atomic mass is 16.3. The summed E-state index contributed by atoms with van der Waals surface area (Å²) < 4.78 is 0. The van der Waals surface area contributed by atoms with Crippen LogP contribution in [0.1, 0.15) is 49.4 Å². The molecule has 1 N–H and O–H groups in total. The first-order chi connectivity index (χ1) is 12.4.